The van der Waals surface area contributed by atoms with E-state index in [0.717, 1.165) is 6.07 Å². The van der Waals surface area contributed by atoms with Crippen LogP contribution in [0.1, 0.15) is 21.5 Å². The smallest absolute Gasteiger partial charge is 0.496 e. The number of ether oxygens (including phenoxy) is 2. The average molecular weight is 404 g/mol. The zero-order chi connectivity index (χ0) is 20.2. The lowest BCUT2D eigenvalue weighted by molar-refractivity contribution is -0.0500. The number of carbonyl (C=O) groups excluding carboxylic acids is 1. The summed E-state index contributed by atoms with van der Waals surface area (Å²) in [5.74, 6) is -1.07. The lowest BCUT2D eigenvalue weighted by atomic mass is 10.1. The van der Waals surface area contributed by atoms with Crippen LogP contribution >= 0.6 is 0 Å². The molecule has 0 aliphatic rings. The second-order valence-corrected chi connectivity index (χ2v) is 6.86. The Morgan fingerprint density at radius 3 is 2.26 bits per heavy atom. The number of hydrogen-bond donors (Lipinski definition) is 0. The highest BCUT2D eigenvalue weighted by Gasteiger charge is 2.49. The fraction of sp³-hybridized carbons (Fsp3) is 0.235. The van der Waals surface area contributed by atoms with Gasteiger partial charge in [-0.2, -0.15) is 21.6 Å². The number of benzene rings is 2. The highest BCUT2D eigenvalue weighted by Crippen LogP contribution is 2.42. The minimum atomic E-state index is -6.00. The van der Waals surface area contributed by atoms with Crippen molar-refractivity contribution < 1.29 is 40.0 Å². The molecular formula is C17H15F3O6S. The van der Waals surface area contributed by atoms with Crippen LogP contribution in [0, 0.1) is 6.92 Å². The maximum absolute atomic E-state index is 12.7. The molecule has 0 atom stereocenters. The molecule has 0 N–H and O–H groups in total. The quantitative estimate of drug-likeness (QED) is 0.398. The van der Waals surface area contributed by atoms with Crippen molar-refractivity contribution in [2.75, 3.05) is 7.11 Å². The van der Waals surface area contributed by atoms with Crippen LogP contribution in [-0.4, -0.2) is 27.3 Å². The standard InChI is InChI=1S/C17H15F3O6S/c1-11-14(24-2)8-13(9-21)16(26-27(22,23)17(18,19)20)15(11)25-10-12-6-4-3-5-7-12/h3-9H,10H2,1-2H3. The van der Waals surface area contributed by atoms with E-state index in [9.17, 15) is 26.4 Å². The van der Waals surface area contributed by atoms with Crippen molar-refractivity contribution in [1.29, 1.82) is 0 Å². The van der Waals surface area contributed by atoms with E-state index in [1.165, 1.54) is 14.0 Å². The summed E-state index contributed by atoms with van der Waals surface area (Å²) < 4.78 is 75.8. The number of aldehydes is 1. The van der Waals surface area contributed by atoms with Crippen LogP contribution in [0.3, 0.4) is 0 Å². The third-order valence-electron chi connectivity index (χ3n) is 3.51. The van der Waals surface area contributed by atoms with Crippen molar-refractivity contribution in [3.63, 3.8) is 0 Å². The predicted octanol–water partition coefficient (Wildman–Crippen LogP) is 3.62. The zero-order valence-electron chi connectivity index (χ0n) is 14.2. The van der Waals surface area contributed by atoms with E-state index in [2.05, 4.69) is 4.18 Å². The highest BCUT2D eigenvalue weighted by molar-refractivity contribution is 7.88. The molecule has 0 amide bonds. The molecule has 27 heavy (non-hydrogen) atoms. The van der Waals surface area contributed by atoms with Crippen LogP contribution in [0.4, 0.5) is 13.2 Å². The molecule has 0 unspecified atom stereocenters. The van der Waals surface area contributed by atoms with E-state index >= 15 is 0 Å². The van der Waals surface area contributed by atoms with Gasteiger partial charge in [0.25, 0.3) is 0 Å². The van der Waals surface area contributed by atoms with E-state index in [4.69, 9.17) is 9.47 Å². The molecular weight excluding hydrogens is 389 g/mol. The molecule has 0 bridgehead atoms. The van der Waals surface area contributed by atoms with Crippen LogP contribution in [-0.2, 0) is 16.7 Å². The molecule has 2 aromatic rings. The van der Waals surface area contributed by atoms with E-state index in [1.54, 1.807) is 30.3 Å². The second kappa shape index (κ2) is 7.87. The highest BCUT2D eigenvalue weighted by atomic mass is 32.2. The molecule has 0 heterocycles. The first-order valence-corrected chi connectivity index (χ1v) is 8.85. The Hall–Kier alpha value is -2.75. The minimum Gasteiger partial charge on any atom is -0.496 e. The summed E-state index contributed by atoms with van der Waals surface area (Å²) in [6.07, 6.45) is 0.151. The van der Waals surface area contributed by atoms with Gasteiger partial charge in [-0.25, -0.2) is 0 Å². The van der Waals surface area contributed by atoms with Gasteiger partial charge in [-0.1, -0.05) is 30.3 Å². The number of methoxy groups -OCH3 is 1. The number of halogens is 3. The third kappa shape index (κ3) is 4.51. The van der Waals surface area contributed by atoms with Gasteiger partial charge in [0, 0.05) is 5.56 Å². The van der Waals surface area contributed by atoms with Crippen LogP contribution in [0.15, 0.2) is 36.4 Å². The summed E-state index contributed by atoms with van der Waals surface area (Å²) in [6.45, 7) is 1.33. The van der Waals surface area contributed by atoms with Crippen molar-refractivity contribution in [2.24, 2.45) is 0 Å². The summed E-state index contributed by atoms with van der Waals surface area (Å²) in [5.41, 5.74) is -5.30. The summed E-state index contributed by atoms with van der Waals surface area (Å²) in [5, 5.41) is 0. The molecule has 0 aliphatic heterocycles. The van der Waals surface area contributed by atoms with Gasteiger partial charge in [-0.3, -0.25) is 4.79 Å². The van der Waals surface area contributed by atoms with Gasteiger partial charge in [0.15, 0.2) is 17.8 Å². The van der Waals surface area contributed by atoms with Crippen LogP contribution in [0.2, 0.25) is 0 Å². The lowest BCUT2D eigenvalue weighted by Gasteiger charge is -2.19. The van der Waals surface area contributed by atoms with Crippen LogP contribution in [0.25, 0.3) is 0 Å². The van der Waals surface area contributed by atoms with Crippen LogP contribution in [0.5, 0.6) is 17.2 Å². The van der Waals surface area contributed by atoms with Gasteiger partial charge >= 0.3 is 15.6 Å². The topological polar surface area (TPSA) is 78.9 Å². The number of alkyl halides is 3. The Morgan fingerprint density at radius 1 is 1.11 bits per heavy atom. The molecule has 0 saturated carbocycles. The van der Waals surface area contributed by atoms with Gasteiger partial charge in [0.1, 0.15) is 12.4 Å². The molecule has 0 aliphatic carbocycles. The average Bonchev–Trinajstić information content (AvgIpc) is 2.61. The number of rotatable bonds is 7. The second-order valence-electron chi connectivity index (χ2n) is 5.33. The fourth-order valence-corrected chi connectivity index (χ4v) is 2.66. The molecule has 0 saturated heterocycles. The van der Waals surface area contributed by atoms with Crippen molar-refractivity contribution in [1.82, 2.24) is 0 Å². The molecule has 0 radical (unpaired) electrons. The van der Waals surface area contributed by atoms with Crippen molar-refractivity contribution in [3.8, 4) is 17.2 Å². The molecule has 2 aromatic carbocycles. The first-order chi connectivity index (χ1) is 12.6. The van der Waals surface area contributed by atoms with Crippen molar-refractivity contribution >= 4 is 16.4 Å². The molecule has 0 aromatic heterocycles. The molecule has 146 valence electrons. The molecule has 6 nitrogen and oxygen atoms in total. The summed E-state index contributed by atoms with van der Waals surface area (Å²) in [4.78, 5) is 11.3. The largest absolute Gasteiger partial charge is 0.534 e. The zero-order valence-corrected chi connectivity index (χ0v) is 15.1. The SMILES string of the molecule is COc1cc(C=O)c(OS(=O)(=O)C(F)(F)F)c(OCc2ccccc2)c1C. The minimum absolute atomic E-state index is 0.102. The summed E-state index contributed by atoms with van der Waals surface area (Å²) >= 11 is 0. The lowest BCUT2D eigenvalue weighted by Crippen LogP contribution is -2.28. The summed E-state index contributed by atoms with van der Waals surface area (Å²) in [6, 6.07) is 9.67. The maximum Gasteiger partial charge on any atom is 0.534 e. The third-order valence-corrected chi connectivity index (χ3v) is 4.47. The Morgan fingerprint density at radius 2 is 1.74 bits per heavy atom. The first-order valence-electron chi connectivity index (χ1n) is 7.45. The normalized spacial score (nSPS) is 11.7. The van der Waals surface area contributed by atoms with Gasteiger partial charge in [0.2, 0.25) is 0 Å². The van der Waals surface area contributed by atoms with Gasteiger partial charge in [0.05, 0.1) is 12.7 Å². The molecule has 2 rings (SSSR count). The monoisotopic (exact) mass is 404 g/mol. The fourth-order valence-electron chi connectivity index (χ4n) is 2.17. The molecule has 0 spiro atoms. The van der Waals surface area contributed by atoms with E-state index in [0.29, 0.717) is 5.56 Å². The summed E-state index contributed by atoms with van der Waals surface area (Å²) in [7, 11) is -4.72. The van der Waals surface area contributed by atoms with E-state index in [-0.39, 0.29) is 30.0 Å². The number of hydrogen-bond acceptors (Lipinski definition) is 6. The van der Waals surface area contributed by atoms with Crippen molar-refractivity contribution in [3.05, 3.63) is 53.1 Å². The Kier molecular flexibility index (Phi) is 5.99. The van der Waals surface area contributed by atoms with Gasteiger partial charge < -0.3 is 13.7 Å². The Labute approximate surface area is 153 Å². The Bertz CT molecular complexity index is 924. The van der Waals surface area contributed by atoms with Crippen LogP contribution < -0.4 is 13.7 Å². The molecule has 10 heteroatoms. The predicted molar refractivity (Wildman–Crippen MR) is 89.5 cm³/mol. The maximum atomic E-state index is 12.7. The number of carbonyl (C=O) groups is 1. The Balaban J connectivity index is 2.55. The van der Waals surface area contributed by atoms with E-state index in [1.807, 2.05) is 0 Å². The molecule has 0 fully saturated rings. The van der Waals surface area contributed by atoms with Gasteiger partial charge in [-0.05, 0) is 18.6 Å². The first kappa shape index (κ1) is 20.6. The van der Waals surface area contributed by atoms with Gasteiger partial charge in [-0.15, -0.1) is 0 Å². The van der Waals surface area contributed by atoms with Crippen molar-refractivity contribution in [2.45, 2.75) is 19.0 Å². The van der Waals surface area contributed by atoms with E-state index < -0.39 is 26.9 Å².